The molecule has 0 unspecified atom stereocenters. The van der Waals surface area contributed by atoms with Crippen LogP contribution in [-0.4, -0.2) is 45.7 Å². The van der Waals surface area contributed by atoms with Crippen LogP contribution in [0.1, 0.15) is 54.1 Å². The lowest BCUT2D eigenvalue weighted by atomic mass is 10.0. The molecule has 0 aromatic carbocycles. The van der Waals surface area contributed by atoms with Crippen LogP contribution in [0.5, 0.6) is 0 Å². The van der Waals surface area contributed by atoms with Gasteiger partial charge in [0, 0.05) is 41.4 Å². The molecule has 9 heteroatoms. The molecule has 1 aliphatic heterocycles. The Bertz CT molecular complexity index is 1110. The molecule has 0 radical (unpaired) electrons. The minimum absolute atomic E-state index is 0.0342. The molecule has 3 aromatic rings. The molecule has 1 saturated heterocycles. The van der Waals surface area contributed by atoms with Gasteiger partial charge in [0.25, 0.3) is 5.91 Å². The largest absolute Gasteiger partial charge is 0.355 e. The molecule has 32 heavy (non-hydrogen) atoms. The number of carbonyl (C=O) groups is 1. The molecule has 3 aromatic heterocycles. The van der Waals surface area contributed by atoms with Crippen LogP contribution in [0.3, 0.4) is 0 Å². The van der Waals surface area contributed by atoms with Gasteiger partial charge in [-0.25, -0.2) is 0 Å². The lowest BCUT2D eigenvalue weighted by Crippen LogP contribution is -2.47. The Balaban J connectivity index is 1.52. The summed E-state index contributed by atoms with van der Waals surface area (Å²) in [6, 6.07) is 6.41. The first-order chi connectivity index (χ1) is 15.2. The molecule has 0 spiro atoms. The van der Waals surface area contributed by atoms with Crippen LogP contribution in [-0.2, 0) is 6.54 Å². The van der Waals surface area contributed by atoms with Crippen LogP contribution < -0.4 is 5.32 Å². The van der Waals surface area contributed by atoms with Crippen LogP contribution in [0.25, 0.3) is 10.6 Å². The number of hydrogen-bond acceptors (Lipinski definition) is 5. The Morgan fingerprint density at radius 2 is 2.06 bits per heavy atom. The smallest absolute Gasteiger partial charge is 0.268 e. The number of carbonyl (C=O) groups excluding carboxylic acids is 1. The third-order valence-corrected chi connectivity index (χ3v) is 8.60. The number of halogens is 2. The van der Waals surface area contributed by atoms with Gasteiger partial charge < -0.3 is 19.3 Å². The molecular formula is C23H28BrClN4O2S. The first kappa shape index (κ1) is 23.5. The lowest BCUT2D eigenvalue weighted by molar-refractivity contribution is 0.0891. The molecule has 4 heterocycles. The van der Waals surface area contributed by atoms with Crippen molar-refractivity contribution in [2.24, 2.45) is 0 Å². The predicted molar refractivity (Wildman–Crippen MR) is 133 cm³/mol. The molecule has 0 atom stereocenters. The van der Waals surface area contributed by atoms with E-state index in [0.717, 1.165) is 52.2 Å². The highest BCUT2D eigenvalue weighted by Crippen LogP contribution is 2.32. The molecule has 4 rings (SSSR count). The van der Waals surface area contributed by atoms with Gasteiger partial charge in [-0.15, -0.1) is 11.3 Å². The summed E-state index contributed by atoms with van der Waals surface area (Å²) in [5.41, 5.74) is 3.36. The summed E-state index contributed by atoms with van der Waals surface area (Å²) >= 11 is 11.2. The first-order valence-electron chi connectivity index (χ1n) is 10.9. The highest BCUT2D eigenvalue weighted by atomic mass is 79.9. The standard InChI is InChI=1S/C23H28BrClN4O2S/c1-13(2)28-9-7-16(8-10-28)26-23(30)22-14(3)21(24)15(4)29(22)12-17-11-18(31-27-17)19-5-6-20(25)32-19/h5-6,11,13,16H,7-10,12H2,1-4H3,(H,26,30). The number of rotatable bonds is 6. The van der Waals surface area contributed by atoms with Gasteiger partial charge >= 0.3 is 0 Å². The van der Waals surface area contributed by atoms with E-state index < -0.39 is 0 Å². The maximum atomic E-state index is 13.3. The number of nitrogens with one attached hydrogen (secondary N) is 1. The summed E-state index contributed by atoms with van der Waals surface area (Å²) in [7, 11) is 0. The summed E-state index contributed by atoms with van der Waals surface area (Å²) in [5, 5.41) is 7.51. The first-order valence-corrected chi connectivity index (χ1v) is 12.8. The van der Waals surface area contributed by atoms with Gasteiger partial charge in [0.1, 0.15) is 11.4 Å². The lowest BCUT2D eigenvalue weighted by Gasteiger charge is -2.34. The third kappa shape index (κ3) is 4.83. The van der Waals surface area contributed by atoms with Crippen molar-refractivity contribution < 1.29 is 9.32 Å². The van der Waals surface area contributed by atoms with Gasteiger partial charge in [0.05, 0.1) is 15.8 Å². The van der Waals surface area contributed by atoms with Gasteiger partial charge in [0.15, 0.2) is 5.76 Å². The van der Waals surface area contributed by atoms with Crippen LogP contribution in [0, 0.1) is 13.8 Å². The maximum Gasteiger partial charge on any atom is 0.268 e. The SMILES string of the molecule is Cc1c(Br)c(C)n(Cc2cc(-c3ccc(Cl)s3)on2)c1C(=O)NC1CCN(C(C)C)CC1. The van der Waals surface area contributed by atoms with Gasteiger partial charge in [0.2, 0.25) is 0 Å². The van der Waals surface area contributed by atoms with E-state index in [2.05, 4.69) is 45.2 Å². The second-order valence-electron chi connectivity index (χ2n) is 8.62. The third-order valence-electron chi connectivity index (χ3n) is 6.18. The van der Waals surface area contributed by atoms with E-state index in [1.54, 1.807) is 0 Å². The molecular weight excluding hydrogens is 512 g/mol. The van der Waals surface area contributed by atoms with E-state index in [1.807, 2.05) is 36.6 Å². The van der Waals surface area contributed by atoms with E-state index in [0.29, 0.717) is 28.4 Å². The van der Waals surface area contributed by atoms with Crippen molar-refractivity contribution >= 4 is 44.8 Å². The number of thiophene rings is 1. The minimum atomic E-state index is -0.0342. The molecule has 1 fully saturated rings. The topological polar surface area (TPSA) is 63.3 Å². The zero-order valence-electron chi connectivity index (χ0n) is 18.7. The number of amides is 1. The summed E-state index contributed by atoms with van der Waals surface area (Å²) in [4.78, 5) is 16.7. The van der Waals surface area contributed by atoms with E-state index >= 15 is 0 Å². The highest BCUT2D eigenvalue weighted by molar-refractivity contribution is 9.10. The summed E-state index contributed by atoms with van der Waals surface area (Å²) in [6.45, 7) is 10.9. The van der Waals surface area contributed by atoms with Crippen molar-refractivity contribution in [3.63, 3.8) is 0 Å². The summed E-state index contributed by atoms with van der Waals surface area (Å²) in [5.74, 6) is 0.647. The second-order valence-corrected chi connectivity index (χ2v) is 11.1. The monoisotopic (exact) mass is 538 g/mol. The van der Waals surface area contributed by atoms with Crippen LogP contribution in [0.4, 0.5) is 0 Å². The normalized spacial score (nSPS) is 15.6. The van der Waals surface area contributed by atoms with Crippen molar-refractivity contribution in [2.75, 3.05) is 13.1 Å². The van der Waals surface area contributed by atoms with E-state index in [1.165, 1.54) is 11.3 Å². The zero-order chi connectivity index (χ0) is 23.0. The second kappa shape index (κ2) is 9.71. The number of piperidine rings is 1. The van der Waals surface area contributed by atoms with E-state index in [4.69, 9.17) is 16.1 Å². The van der Waals surface area contributed by atoms with E-state index in [9.17, 15) is 4.79 Å². The van der Waals surface area contributed by atoms with Gasteiger partial charge in [-0.3, -0.25) is 4.79 Å². The number of nitrogens with zero attached hydrogens (tertiary/aromatic N) is 3. The van der Waals surface area contributed by atoms with Crippen LogP contribution in [0.2, 0.25) is 4.34 Å². The Hall–Kier alpha value is -1.61. The highest BCUT2D eigenvalue weighted by Gasteiger charge is 2.27. The predicted octanol–water partition coefficient (Wildman–Crippen LogP) is 5.89. The molecule has 0 bridgehead atoms. The molecule has 1 amide bonds. The molecule has 6 nitrogen and oxygen atoms in total. The quantitative estimate of drug-likeness (QED) is 0.424. The van der Waals surface area contributed by atoms with Crippen molar-refractivity contribution in [3.05, 3.63) is 49.7 Å². The van der Waals surface area contributed by atoms with Crippen molar-refractivity contribution in [3.8, 4) is 10.6 Å². The molecule has 1 N–H and O–H groups in total. The fraction of sp³-hybridized carbons (Fsp3) is 0.478. The summed E-state index contributed by atoms with van der Waals surface area (Å²) in [6.07, 6.45) is 1.94. The van der Waals surface area contributed by atoms with Crippen molar-refractivity contribution in [1.29, 1.82) is 0 Å². The zero-order valence-corrected chi connectivity index (χ0v) is 21.9. The van der Waals surface area contributed by atoms with Gasteiger partial charge in [-0.1, -0.05) is 16.8 Å². The fourth-order valence-electron chi connectivity index (χ4n) is 4.28. The molecule has 0 saturated carbocycles. The van der Waals surface area contributed by atoms with Crippen LogP contribution in [0.15, 0.2) is 27.2 Å². The minimum Gasteiger partial charge on any atom is -0.355 e. The Morgan fingerprint density at radius 3 is 2.69 bits per heavy atom. The van der Waals surface area contributed by atoms with E-state index in [-0.39, 0.29) is 11.9 Å². The maximum absolute atomic E-state index is 13.3. The number of hydrogen-bond donors (Lipinski definition) is 1. The van der Waals surface area contributed by atoms with Crippen molar-refractivity contribution in [2.45, 2.75) is 59.2 Å². The van der Waals surface area contributed by atoms with Gasteiger partial charge in [-0.2, -0.15) is 0 Å². The van der Waals surface area contributed by atoms with Gasteiger partial charge in [-0.05, 0) is 74.2 Å². The Morgan fingerprint density at radius 1 is 1.34 bits per heavy atom. The van der Waals surface area contributed by atoms with Crippen molar-refractivity contribution in [1.82, 2.24) is 19.9 Å². The fourth-order valence-corrected chi connectivity index (χ4v) is 5.67. The molecule has 0 aliphatic carbocycles. The Kier molecular flexibility index (Phi) is 7.14. The number of aromatic nitrogens is 2. The summed E-state index contributed by atoms with van der Waals surface area (Å²) < 4.78 is 9.21. The van der Waals surface area contributed by atoms with Crippen LogP contribution >= 0.6 is 38.9 Å². The molecule has 172 valence electrons. The molecule has 1 aliphatic rings. The average molecular weight is 540 g/mol. The number of likely N-dealkylation sites (tertiary alicyclic amines) is 1. The Labute approximate surface area is 206 Å². The average Bonchev–Trinajstić information content (AvgIpc) is 3.45.